The molecule has 1 aliphatic carbocycles. The molecule has 4 amide bonds. The summed E-state index contributed by atoms with van der Waals surface area (Å²) in [4.78, 5) is 63.3. The minimum Gasteiger partial charge on any atom is -0.444 e. The topological polar surface area (TPSA) is 115 Å². The van der Waals surface area contributed by atoms with E-state index >= 15 is 4.39 Å². The number of carbonyl (C=O) groups excluding carboxylic acids is 4. The summed E-state index contributed by atoms with van der Waals surface area (Å²) in [7, 11) is 0. The Morgan fingerprint density at radius 3 is 2.28 bits per heavy atom. The highest BCUT2D eigenvalue weighted by atomic mass is 19.1. The van der Waals surface area contributed by atoms with E-state index in [4.69, 9.17) is 9.57 Å². The molecule has 1 aromatic rings. The Morgan fingerprint density at radius 2 is 1.63 bits per heavy atom. The maximum absolute atomic E-state index is 15.3. The van der Waals surface area contributed by atoms with Crippen LogP contribution in [-0.4, -0.2) is 120 Å². The average Bonchev–Trinajstić information content (AvgIpc) is 3.32. The van der Waals surface area contributed by atoms with Gasteiger partial charge in [0.1, 0.15) is 17.5 Å². The zero-order valence-electron chi connectivity index (χ0n) is 27.3. The molecule has 4 heterocycles. The summed E-state index contributed by atoms with van der Waals surface area (Å²) in [5, 5.41) is 4.31. The highest BCUT2D eigenvalue weighted by molar-refractivity contribution is 6.05. The van der Waals surface area contributed by atoms with Crippen molar-refractivity contribution in [3.05, 3.63) is 29.1 Å². The number of piperazine rings is 2. The molecule has 13 heteroatoms. The first-order valence-corrected chi connectivity index (χ1v) is 16.8. The monoisotopic (exact) mass is 642 g/mol. The van der Waals surface area contributed by atoms with Crippen LogP contribution in [0.3, 0.4) is 0 Å². The highest BCUT2D eigenvalue weighted by Crippen LogP contribution is 2.34. The minimum absolute atomic E-state index is 0.186. The largest absolute Gasteiger partial charge is 0.444 e. The van der Waals surface area contributed by atoms with Crippen molar-refractivity contribution in [2.45, 2.75) is 83.6 Å². The number of imide groups is 1. The smallest absolute Gasteiger partial charge is 0.410 e. The first-order valence-electron chi connectivity index (χ1n) is 16.8. The second-order valence-electron chi connectivity index (χ2n) is 14.3. The molecule has 4 fully saturated rings. The predicted molar refractivity (Wildman–Crippen MR) is 167 cm³/mol. The number of hydrogen-bond acceptors (Lipinski definition) is 9. The minimum atomic E-state index is -0.712. The van der Waals surface area contributed by atoms with Gasteiger partial charge in [-0.15, -0.1) is 0 Å². The van der Waals surface area contributed by atoms with Crippen LogP contribution >= 0.6 is 0 Å². The number of rotatable bonds is 6. The molecule has 12 nitrogen and oxygen atoms in total. The summed E-state index contributed by atoms with van der Waals surface area (Å²) >= 11 is 0. The summed E-state index contributed by atoms with van der Waals surface area (Å²) in [6.45, 7) is 12.6. The van der Waals surface area contributed by atoms with Gasteiger partial charge in [0.2, 0.25) is 11.8 Å². The highest BCUT2D eigenvalue weighted by Gasteiger charge is 2.40. The molecular formula is C33H47FN6O6. The molecular weight excluding hydrogens is 595 g/mol. The van der Waals surface area contributed by atoms with Crippen LogP contribution in [0.1, 0.15) is 75.2 Å². The number of anilines is 1. The molecule has 0 radical (unpaired) electrons. The molecule has 3 saturated heterocycles. The molecule has 5 aliphatic rings. The number of ether oxygens (including phenoxy) is 1. The van der Waals surface area contributed by atoms with Gasteiger partial charge in [-0.3, -0.25) is 29.4 Å². The van der Waals surface area contributed by atoms with Crippen LogP contribution in [0.25, 0.3) is 0 Å². The molecule has 1 aromatic carbocycles. The lowest BCUT2D eigenvalue weighted by molar-refractivity contribution is -0.218. The molecule has 1 atom stereocenters. The predicted octanol–water partition coefficient (Wildman–Crippen LogP) is 2.75. The van der Waals surface area contributed by atoms with E-state index in [0.717, 1.165) is 50.9 Å². The molecule has 1 saturated carbocycles. The summed E-state index contributed by atoms with van der Waals surface area (Å²) in [6, 6.07) is 2.37. The van der Waals surface area contributed by atoms with Crippen molar-refractivity contribution in [2.24, 2.45) is 5.92 Å². The van der Waals surface area contributed by atoms with Gasteiger partial charge in [-0.25, -0.2) is 9.18 Å². The summed E-state index contributed by atoms with van der Waals surface area (Å²) < 4.78 is 20.8. The Labute approximate surface area is 270 Å². The molecule has 46 heavy (non-hydrogen) atoms. The summed E-state index contributed by atoms with van der Waals surface area (Å²) in [5.41, 5.74) is 1.02. The van der Waals surface area contributed by atoms with Crippen molar-refractivity contribution in [1.82, 2.24) is 25.1 Å². The van der Waals surface area contributed by atoms with Crippen LogP contribution in [-0.2, 0) is 25.7 Å². The third-order valence-electron chi connectivity index (χ3n) is 9.80. The quantitative estimate of drug-likeness (QED) is 0.468. The Morgan fingerprint density at radius 1 is 0.935 bits per heavy atom. The molecule has 252 valence electrons. The van der Waals surface area contributed by atoms with Crippen LogP contribution in [0.5, 0.6) is 0 Å². The number of nitrogens with zero attached hydrogens (tertiary/aromatic N) is 5. The Bertz CT molecular complexity index is 1330. The molecule has 1 N–H and O–H groups in total. The van der Waals surface area contributed by atoms with Crippen molar-refractivity contribution in [3.8, 4) is 0 Å². The molecule has 6 rings (SSSR count). The molecule has 0 aromatic heterocycles. The third-order valence-corrected chi connectivity index (χ3v) is 9.80. The maximum Gasteiger partial charge on any atom is 0.410 e. The number of amides is 4. The average molecular weight is 643 g/mol. The Kier molecular flexibility index (Phi) is 9.54. The van der Waals surface area contributed by atoms with Gasteiger partial charge in [0.05, 0.1) is 11.8 Å². The normalized spacial score (nSPS) is 26.7. The lowest BCUT2D eigenvalue weighted by atomic mass is 9.87. The number of benzene rings is 1. The summed E-state index contributed by atoms with van der Waals surface area (Å²) in [6.07, 6.45) is 4.68. The van der Waals surface area contributed by atoms with Gasteiger partial charge in [-0.05, 0) is 76.5 Å². The lowest BCUT2D eigenvalue weighted by Gasteiger charge is -2.40. The second kappa shape index (κ2) is 13.4. The van der Waals surface area contributed by atoms with E-state index in [1.54, 1.807) is 11.0 Å². The van der Waals surface area contributed by atoms with E-state index < -0.39 is 23.4 Å². The number of carbonyl (C=O) groups is 4. The van der Waals surface area contributed by atoms with Crippen LogP contribution in [0.2, 0.25) is 0 Å². The zero-order chi connectivity index (χ0) is 32.6. The van der Waals surface area contributed by atoms with E-state index in [0.29, 0.717) is 56.4 Å². The van der Waals surface area contributed by atoms with E-state index in [9.17, 15) is 19.2 Å². The van der Waals surface area contributed by atoms with Gasteiger partial charge in [-0.1, -0.05) is 0 Å². The maximum atomic E-state index is 15.3. The van der Waals surface area contributed by atoms with Gasteiger partial charge in [-0.2, -0.15) is 5.06 Å². The molecule has 0 bridgehead atoms. The number of piperidine rings is 1. The first kappa shape index (κ1) is 32.6. The Balaban J connectivity index is 0.924. The number of hydroxylamine groups is 2. The van der Waals surface area contributed by atoms with Crippen molar-refractivity contribution in [3.63, 3.8) is 0 Å². The van der Waals surface area contributed by atoms with Gasteiger partial charge in [0.25, 0.3) is 5.91 Å². The lowest BCUT2D eigenvalue weighted by Crippen LogP contribution is -2.52. The second-order valence-corrected chi connectivity index (χ2v) is 14.3. The molecule has 4 aliphatic heterocycles. The van der Waals surface area contributed by atoms with Crippen LogP contribution in [0, 0.1) is 11.7 Å². The number of halogens is 1. The van der Waals surface area contributed by atoms with Crippen molar-refractivity contribution < 1.29 is 33.1 Å². The van der Waals surface area contributed by atoms with E-state index in [2.05, 4.69) is 15.1 Å². The van der Waals surface area contributed by atoms with E-state index in [1.807, 2.05) is 25.8 Å². The van der Waals surface area contributed by atoms with Crippen molar-refractivity contribution >= 4 is 29.5 Å². The fraction of sp³-hybridized carbons (Fsp3) is 0.697. The number of nitrogens with one attached hydrogen (secondary N) is 1. The van der Waals surface area contributed by atoms with Crippen LogP contribution in [0.4, 0.5) is 14.9 Å². The van der Waals surface area contributed by atoms with E-state index in [-0.39, 0.29) is 43.4 Å². The number of fused-ring (bicyclic) bond motifs is 1. The van der Waals surface area contributed by atoms with Crippen LogP contribution in [0.15, 0.2) is 12.1 Å². The van der Waals surface area contributed by atoms with Gasteiger partial charge in [0.15, 0.2) is 0 Å². The first-order chi connectivity index (χ1) is 21.9. The fourth-order valence-corrected chi connectivity index (χ4v) is 7.29. The van der Waals surface area contributed by atoms with Gasteiger partial charge >= 0.3 is 6.09 Å². The third kappa shape index (κ3) is 7.47. The molecule has 0 spiro atoms. The SMILES string of the molecule is CC(C)(C)OC(=O)N1CCN(O[C@H]2CC[C@H](CN3CCN(c4cc5c(cc4F)C(=O)N(C4CCC(=O)NC4=O)C5)CC3)CC2)CC1. The van der Waals surface area contributed by atoms with Crippen molar-refractivity contribution in [2.75, 3.05) is 63.8 Å². The van der Waals surface area contributed by atoms with Crippen LogP contribution < -0.4 is 10.2 Å². The van der Waals surface area contributed by atoms with Gasteiger partial charge < -0.3 is 19.4 Å². The standard InChI is InChI=1S/C33H47FN6O6/c1-33(2,3)45-32(44)38-14-16-39(17-15-38)46-24-6-4-22(5-7-24)20-36-10-12-37(13-11-36)28-18-23-21-40(31(43)25(23)19-26(28)34)27-8-9-29(41)35-30(27)42/h18-19,22,24,27H,4-17,20-21H2,1-3H3,(H,35,41,42)/t22-,24-,27?. The van der Waals surface area contributed by atoms with Crippen molar-refractivity contribution in [1.29, 1.82) is 0 Å². The fourth-order valence-electron chi connectivity index (χ4n) is 7.29. The summed E-state index contributed by atoms with van der Waals surface area (Å²) in [5.74, 6) is -0.971. The number of hydrogen-bond donors (Lipinski definition) is 1. The molecule has 1 unspecified atom stereocenters. The van der Waals surface area contributed by atoms with Gasteiger partial charge in [0, 0.05) is 77.4 Å². The Hall–Kier alpha value is -3.29. The van der Waals surface area contributed by atoms with E-state index in [1.165, 1.54) is 11.0 Å². The zero-order valence-corrected chi connectivity index (χ0v) is 27.3.